The van der Waals surface area contributed by atoms with Gasteiger partial charge in [-0.05, 0) is 69.3 Å². The summed E-state index contributed by atoms with van der Waals surface area (Å²) in [5, 5.41) is 81.5. The maximum atomic E-state index is 12.9. The highest BCUT2D eigenvalue weighted by molar-refractivity contribution is 5.99. The monoisotopic (exact) mass is 1010 g/mol. The number of benzene rings is 1. The first-order valence-electron chi connectivity index (χ1n) is 25.8. The van der Waals surface area contributed by atoms with Crippen LogP contribution in [0.3, 0.4) is 0 Å². The largest absolute Gasteiger partial charge is 0.481 e. The number of hydrogen-bond donors (Lipinski definition) is 11. The maximum absolute atomic E-state index is 12.9. The fourth-order valence-electron chi connectivity index (χ4n) is 8.90. The Bertz CT molecular complexity index is 1800. The summed E-state index contributed by atoms with van der Waals surface area (Å²) in [6.07, 6.45) is 19.6. The first kappa shape index (κ1) is 66.7. The number of nitrogens with one attached hydrogen (secondary N) is 1. The van der Waals surface area contributed by atoms with E-state index in [4.69, 9.17) is 41.2 Å². The SMILES string of the molecule is C=O.CCCC(O)C(CC)CO.CCCCCCCCCCCCCC[C@@H](O)[C@@H](O)[C@@H](N)CO.CCN(CC)C(=O)[C@@H]1C=C2c3cccc4[nH]cc(c34)C[C@H]2N(C)C1.O=C(O)CC(O)(CC(=O)O)C(=O)O. The van der Waals surface area contributed by atoms with Crippen LogP contribution in [0.25, 0.3) is 16.5 Å². The van der Waals surface area contributed by atoms with Gasteiger partial charge in [-0.1, -0.05) is 122 Å². The molecule has 0 saturated carbocycles. The van der Waals surface area contributed by atoms with Crippen molar-refractivity contribution in [2.45, 2.75) is 193 Å². The number of fused-ring (bicyclic) bond motifs is 2. The summed E-state index contributed by atoms with van der Waals surface area (Å²) < 4.78 is 0. The van der Waals surface area contributed by atoms with Gasteiger partial charge in [0.2, 0.25) is 5.91 Å². The van der Waals surface area contributed by atoms with Crippen LogP contribution >= 0.6 is 0 Å². The van der Waals surface area contributed by atoms with Crippen molar-refractivity contribution >= 4 is 47.1 Å². The summed E-state index contributed by atoms with van der Waals surface area (Å²) in [4.78, 5) is 59.0. The Hall–Kier alpha value is -4.27. The number of rotatable bonds is 29. The molecule has 1 aromatic heterocycles. The van der Waals surface area contributed by atoms with Crippen LogP contribution in [0.1, 0.15) is 161 Å². The summed E-state index contributed by atoms with van der Waals surface area (Å²) in [6.45, 7) is 14.6. The molecule has 18 heteroatoms. The highest BCUT2D eigenvalue weighted by Crippen LogP contribution is 2.41. The molecule has 2 aliphatic rings. The molecule has 1 amide bonds. The number of amides is 1. The number of hydrogen-bond acceptors (Lipinski definition) is 13. The highest BCUT2D eigenvalue weighted by Gasteiger charge is 2.41. The van der Waals surface area contributed by atoms with Gasteiger partial charge < -0.3 is 66.4 Å². The number of carboxylic acids is 3. The summed E-state index contributed by atoms with van der Waals surface area (Å²) in [7, 11) is 2.15. The fraction of sp³-hybridized carbons (Fsp3) is 0.717. The van der Waals surface area contributed by atoms with Gasteiger partial charge in [0, 0.05) is 55.3 Å². The van der Waals surface area contributed by atoms with Crippen LogP contribution < -0.4 is 5.73 Å². The number of carbonyl (C=O) groups is 5. The molecular weight excluding hydrogens is 917 g/mol. The van der Waals surface area contributed by atoms with E-state index in [9.17, 15) is 34.5 Å². The standard InChI is InChI=1S/C20H25N3O.C18H39NO3.C8H18O2.C6H8O7.CH2O/c1-4-23(5-2)20(24)14-9-16-15-7-6-8-17-19(15)13(11-21-17)10-18(16)22(3)12-14;1-2-3-4-5-6-7-8-9-10-11-12-13-14-17(21)18(22)16(19)15-20;1-3-5-8(10)7(4-2)6-9;7-3(8)1-6(13,5(11)12)2-4(9)10;1-2/h6-9,11,14,18,21H,4-5,10,12H2,1-3H3;16-18,20-22H,2-15,19H2,1H3;7-10H,3-6H2,1-2H3;13H,1-2H2,(H,7,8)(H,9,10)(H,11,12);1H2/t14-,18-;16-,17+,18-;;;/m10.../s1. The molecule has 4 rings (SSSR count). The molecule has 1 aliphatic heterocycles. The van der Waals surface area contributed by atoms with E-state index in [0.717, 1.165) is 58.2 Å². The number of aromatic nitrogens is 1. The predicted molar refractivity (Wildman–Crippen MR) is 277 cm³/mol. The zero-order chi connectivity index (χ0) is 54.1. The highest BCUT2D eigenvalue weighted by atomic mass is 16.4. The lowest BCUT2D eigenvalue weighted by Gasteiger charge is -2.40. The number of aliphatic hydroxyl groups excluding tert-OH is 5. The van der Waals surface area contributed by atoms with Crippen LogP contribution in [0.4, 0.5) is 0 Å². The molecular formula is C53H92N4O14. The van der Waals surface area contributed by atoms with Gasteiger partial charge in [-0.3, -0.25) is 19.3 Å². The van der Waals surface area contributed by atoms with Crippen molar-refractivity contribution in [1.82, 2.24) is 14.8 Å². The van der Waals surface area contributed by atoms with Crippen molar-refractivity contribution in [3.63, 3.8) is 0 Å². The van der Waals surface area contributed by atoms with Gasteiger partial charge in [-0.15, -0.1) is 0 Å². The number of unbranched alkanes of at least 4 members (excludes halogenated alkanes) is 11. The van der Waals surface area contributed by atoms with E-state index in [1.165, 1.54) is 91.8 Å². The number of likely N-dealkylation sites (N-methyl/N-ethyl adjacent to an activating group) is 1. The Kier molecular flexibility index (Phi) is 35.2. The number of carbonyl (C=O) groups excluding carboxylic acids is 2. The summed E-state index contributed by atoms with van der Waals surface area (Å²) >= 11 is 0. The predicted octanol–water partition coefficient (Wildman–Crippen LogP) is 5.76. The average Bonchev–Trinajstić information content (AvgIpc) is 3.76. The average molecular weight is 1010 g/mol. The van der Waals surface area contributed by atoms with E-state index in [-0.39, 0.29) is 37.1 Å². The van der Waals surface area contributed by atoms with Gasteiger partial charge in [0.05, 0.1) is 49.7 Å². The third-order valence-corrected chi connectivity index (χ3v) is 13.2. The Morgan fingerprint density at radius 3 is 1.77 bits per heavy atom. The quantitative estimate of drug-likeness (QED) is 0.0432. The Labute approximate surface area is 422 Å². The second-order valence-corrected chi connectivity index (χ2v) is 18.7. The van der Waals surface area contributed by atoms with Crippen LogP contribution in [0.5, 0.6) is 0 Å². The molecule has 2 aromatic rings. The van der Waals surface area contributed by atoms with E-state index in [1.54, 1.807) is 0 Å². The van der Waals surface area contributed by atoms with Crippen molar-refractivity contribution in [1.29, 1.82) is 0 Å². The zero-order valence-electron chi connectivity index (χ0n) is 43.6. The minimum absolute atomic E-state index is 0.0445. The third-order valence-electron chi connectivity index (χ3n) is 13.2. The molecule has 1 aliphatic carbocycles. The minimum atomic E-state index is -2.74. The fourth-order valence-corrected chi connectivity index (χ4v) is 8.90. The number of nitrogens with two attached hydrogens (primary N) is 1. The summed E-state index contributed by atoms with van der Waals surface area (Å²) in [5.41, 5.74) is 7.96. The lowest BCUT2D eigenvalue weighted by Crippen LogP contribution is -2.47. The maximum Gasteiger partial charge on any atom is 0.336 e. The molecule has 0 saturated heterocycles. The Morgan fingerprint density at radius 1 is 0.789 bits per heavy atom. The van der Waals surface area contributed by atoms with Crippen LogP contribution in [-0.2, 0) is 30.4 Å². The van der Waals surface area contributed by atoms with Gasteiger partial charge in [-0.25, -0.2) is 4.79 Å². The van der Waals surface area contributed by atoms with Crippen molar-refractivity contribution in [2.24, 2.45) is 17.6 Å². The number of nitrogens with zero attached hydrogens (tertiary/aromatic N) is 2. The van der Waals surface area contributed by atoms with E-state index in [2.05, 4.69) is 68.2 Å². The molecule has 0 radical (unpaired) electrons. The van der Waals surface area contributed by atoms with Crippen molar-refractivity contribution < 1.29 is 69.9 Å². The van der Waals surface area contributed by atoms with Crippen LogP contribution in [0.2, 0.25) is 0 Å². The van der Waals surface area contributed by atoms with E-state index < -0.39 is 54.6 Å². The van der Waals surface area contributed by atoms with Crippen LogP contribution in [-0.4, -0.2) is 167 Å². The van der Waals surface area contributed by atoms with Gasteiger partial charge >= 0.3 is 17.9 Å². The number of H-pyrrole nitrogens is 1. The zero-order valence-corrected chi connectivity index (χ0v) is 43.6. The van der Waals surface area contributed by atoms with Gasteiger partial charge in [0.25, 0.3) is 0 Å². The number of aromatic amines is 1. The van der Waals surface area contributed by atoms with Crippen molar-refractivity contribution in [3.05, 3.63) is 41.6 Å². The molecule has 0 bridgehead atoms. The second kappa shape index (κ2) is 37.5. The second-order valence-electron chi connectivity index (χ2n) is 18.7. The summed E-state index contributed by atoms with van der Waals surface area (Å²) in [5.74, 6) is -4.73. The lowest BCUT2D eigenvalue weighted by molar-refractivity contribution is -0.170. The van der Waals surface area contributed by atoms with Gasteiger partial charge in [-0.2, -0.15) is 0 Å². The molecule has 18 nitrogen and oxygen atoms in total. The molecule has 7 atom stereocenters. The number of aliphatic hydroxyl groups is 6. The topological polar surface area (TPSA) is 316 Å². The molecule has 2 unspecified atom stereocenters. The molecule has 12 N–H and O–H groups in total. The molecule has 0 spiro atoms. The molecule has 0 fully saturated rings. The van der Waals surface area contributed by atoms with Crippen molar-refractivity contribution in [2.75, 3.05) is 39.9 Å². The summed E-state index contributed by atoms with van der Waals surface area (Å²) in [6, 6.07) is 6.08. The normalized spacial score (nSPS) is 17.1. The Morgan fingerprint density at radius 2 is 1.32 bits per heavy atom. The molecule has 1 aromatic carbocycles. The Balaban J connectivity index is 0.000000960. The van der Waals surface area contributed by atoms with Crippen LogP contribution in [0.15, 0.2) is 30.5 Å². The minimum Gasteiger partial charge on any atom is -0.481 e. The number of carboxylic acid groups (broad SMARTS) is 3. The smallest absolute Gasteiger partial charge is 0.336 e. The third kappa shape index (κ3) is 23.9. The molecule has 71 heavy (non-hydrogen) atoms. The van der Waals surface area contributed by atoms with Gasteiger partial charge in [0.1, 0.15) is 6.79 Å². The first-order chi connectivity index (χ1) is 33.8. The lowest BCUT2D eigenvalue weighted by atomic mass is 9.79. The number of aliphatic carboxylic acids is 3. The van der Waals surface area contributed by atoms with E-state index in [1.807, 2.05) is 25.5 Å². The van der Waals surface area contributed by atoms with Crippen LogP contribution in [0, 0.1) is 11.8 Å². The van der Waals surface area contributed by atoms with E-state index >= 15 is 0 Å². The van der Waals surface area contributed by atoms with E-state index in [0.29, 0.717) is 12.5 Å². The van der Waals surface area contributed by atoms with Crippen molar-refractivity contribution in [3.8, 4) is 0 Å². The first-order valence-corrected chi connectivity index (χ1v) is 25.8. The molecule has 2 heterocycles. The molecule has 408 valence electrons. The van der Waals surface area contributed by atoms with Gasteiger partial charge in [0.15, 0.2) is 5.60 Å².